The Morgan fingerprint density at radius 1 is 1.13 bits per heavy atom. The molecule has 30 heavy (non-hydrogen) atoms. The van der Waals surface area contributed by atoms with Gasteiger partial charge in [-0.05, 0) is 56.4 Å². The van der Waals surface area contributed by atoms with Crippen LogP contribution in [0.2, 0.25) is 0 Å². The maximum Gasteiger partial charge on any atom is 0.350 e. The highest BCUT2D eigenvalue weighted by Crippen LogP contribution is 2.27. The fourth-order valence-corrected chi connectivity index (χ4v) is 4.11. The molecule has 0 atom stereocenters. The first kappa shape index (κ1) is 20.1. The Hall–Kier alpha value is -3.15. The van der Waals surface area contributed by atoms with Crippen molar-refractivity contribution in [2.45, 2.75) is 40.2 Å². The second-order valence-electron chi connectivity index (χ2n) is 8.36. The largest absolute Gasteiger partial charge is 0.356 e. The highest BCUT2D eigenvalue weighted by molar-refractivity contribution is 5.94. The number of aryl methyl sites for hydroxylation is 2. The van der Waals surface area contributed by atoms with E-state index < -0.39 is 5.69 Å². The first-order chi connectivity index (χ1) is 14.4. The molecule has 6 heteroatoms. The van der Waals surface area contributed by atoms with Crippen molar-refractivity contribution in [3.63, 3.8) is 0 Å². The van der Waals surface area contributed by atoms with Gasteiger partial charge in [0.05, 0.1) is 5.52 Å². The zero-order chi connectivity index (χ0) is 21.3. The van der Waals surface area contributed by atoms with Gasteiger partial charge in [-0.2, -0.15) is 4.98 Å². The van der Waals surface area contributed by atoms with Crippen LogP contribution < -0.4 is 15.9 Å². The number of carbonyl (C=O) groups excluding carboxylic acids is 1. The Balaban J connectivity index is 1.65. The van der Waals surface area contributed by atoms with Crippen LogP contribution in [0.15, 0.2) is 47.3 Å². The molecule has 6 nitrogen and oxygen atoms in total. The average molecular weight is 405 g/mol. The minimum Gasteiger partial charge on any atom is -0.356 e. The molecule has 3 aromatic rings. The summed E-state index contributed by atoms with van der Waals surface area (Å²) in [5, 5.41) is 3.83. The van der Waals surface area contributed by atoms with E-state index in [0.717, 1.165) is 59.5 Å². The summed E-state index contributed by atoms with van der Waals surface area (Å²) >= 11 is 0. The molecule has 1 saturated heterocycles. The first-order valence-electron chi connectivity index (χ1n) is 10.5. The third-order valence-corrected chi connectivity index (χ3v) is 5.91. The number of carbonyl (C=O) groups is 1. The lowest BCUT2D eigenvalue weighted by molar-refractivity contribution is -0.116. The molecule has 0 unspecified atom stereocenters. The van der Waals surface area contributed by atoms with E-state index in [9.17, 15) is 9.59 Å². The fourth-order valence-electron chi connectivity index (χ4n) is 4.11. The summed E-state index contributed by atoms with van der Waals surface area (Å²) in [7, 11) is 0. The predicted molar refractivity (Wildman–Crippen MR) is 121 cm³/mol. The third kappa shape index (κ3) is 4.08. The second kappa shape index (κ2) is 8.30. The molecule has 1 aliphatic rings. The molecule has 2 aromatic carbocycles. The monoisotopic (exact) mass is 404 g/mol. The van der Waals surface area contributed by atoms with Gasteiger partial charge >= 0.3 is 5.69 Å². The van der Waals surface area contributed by atoms with E-state index in [4.69, 9.17) is 0 Å². The normalized spacial score (nSPS) is 14.8. The minimum atomic E-state index is -0.391. The highest BCUT2D eigenvalue weighted by Gasteiger charge is 2.21. The number of nitrogens with zero attached hydrogens (tertiary/aromatic N) is 3. The topological polar surface area (TPSA) is 67.2 Å². The lowest BCUT2D eigenvalue weighted by Crippen LogP contribution is -2.37. The Morgan fingerprint density at radius 2 is 1.87 bits per heavy atom. The average Bonchev–Trinajstić information content (AvgIpc) is 2.73. The summed E-state index contributed by atoms with van der Waals surface area (Å²) in [4.78, 5) is 32.2. The van der Waals surface area contributed by atoms with Gasteiger partial charge in [-0.15, -0.1) is 0 Å². The van der Waals surface area contributed by atoms with Crippen molar-refractivity contribution in [2.24, 2.45) is 5.92 Å². The van der Waals surface area contributed by atoms with E-state index in [1.54, 1.807) is 0 Å². The van der Waals surface area contributed by atoms with Crippen molar-refractivity contribution in [1.29, 1.82) is 0 Å². The van der Waals surface area contributed by atoms with Crippen LogP contribution in [0.5, 0.6) is 0 Å². The molecule has 2 heterocycles. The molecule has 0 radical (unpaired) electrons. The fraction of sp³-hybridized carbons (Fsp3) is 0.375. The van der Waals surface area contributed by atoms with Crippen LogP contribution >= 0.6 is 0 Å². The van der Waals surface area contributed by atoms with Crippen LogP contribution in [0, 0.1) is 19.8 Å². The zero-order valence-electron chi connectivity index (χ0n) is 17.8. The smallest absolute Gasteiger partial charge is 0.350 e. The maximum atomic E-state index is 12.9. The second-order valence-corrected chi connectivity index (χ2v) is 8.36. The summed E-state index contributed by atoms with van der Waals surface area (Å²) in [5.74, 6) is 1.19. The van der Waals surface area contributed by atoms with E-state index in [-0.39, 0.29) is 12.5 Å². The third-order valence-electron chi connectivity index (χ3n) is 5.91. The maximum absolute atomic E-state index is 12.9. The zero-order valence-corrected chi connectivity index (χ0v) is 17.8. The van der Waals surface area contributed by atoms with Crippen molar-refractivity contribution in [2.75, 3.05) is 23.3 Å². The molecular formula is C24H28N4O2. The van der Waals surface area contributed by atoms with Crippen LogP contribution in [-0.2, 0) is 11.3 Å². The van der Waals surface area contributed by atoms with Crippen molar-refractivity contribution >= 4 is 28.3 Å². The summed E-state index contributed by atoms with van der Waals surface area (Å²) in [6.07, 6.45) is 2.19. The molecule has 1 N–H and O–H groups in total. The Labute approximate surface area is 176 Å². The standard InChI is InChI=1S/C24H28N4O2/c1-16-10-12-27(13-11-16)23-19-6-4-5-7-21(19)28(24(30)26-23)15-22(29)25-20-9-8-17(2)14-18(20)3/h4-9,14,16H,10-13,15H2,1-3H3,(H,25,29). The van der Waals surface area contributed by atoms with Crippen molar-refractivity contribution in [3.05, 3.63) is 64.1 Å². The van der Waals surface area contributed by atoms with Crippen molar-refractivity contribution in [1.82, 2.24) is 9.55 Å². The molecule has 1 amide bonds. The summed E-state index contributed by atoms with van der Waals surface area (Å²) < 4.78 is 1.46. The molecule has 1 aliphatic heterocycles. The molecule has 0 bridgehead atoms. The Kier molecular flexibility index (Phi) is 5.57. The van der Waals surface area contributed by atoms with Crippen LogP contribution in [-0.4, -0.2) is 28.5 Å². The lowest BCUT2D eigenvalue weighted by Gasteiger charge is -2.32. The minimum absolute atomic E-state index is 0.0724. The number of amides is 1. The number of para-hydroxylation sites is 1. The van der Waals surface area contributed by atoms with Gasteiger partial charge in [0.1, 0.15) is 12.4 Å². The number of fused-ring (bicyclic) bond motifs is 1. The number of piperidine rings is 1. The van der Waals surface area contributed by atoms with E-state index in [1.807, 2.05) is 56.3 Å². The SMILES string of the molecule is Cc1ccc(NC(=O)Cn2c(=O)nc(N3CCC(C)CC3)c3ccccc32)c(C)c1. The van der Waals surface area contributed by atoms with E-state index in [1.165, 1.54) is 4.57 Å². The van der Waals surface area contributed by atoms with Gasteiger partial charge in [0.15, 0.2) is 0 Å². The van der Waals surface area contributed by atoms with E-state index in [2.05, 4.69) is 22.1 Å². The van der Waals surface area contributed by atoms with Crippen molar-refractivity contribution < 1.29 is 4.79 Å². The number of hydrogen-bond acceptors (Lipinski definition) is 4. The summed E-state index contributed by atoms with van der Waals surface area (Å²) in [6.45, 7) is 7.95. The quantitative estimate of drug-likeness (QED) is 0.716. The number of rotatable bonds is 4. The lowest BCUT2D eigenvalue weighted by atomic mass is 9.99. The molecule has 4 rings (SSSR count). The van der Waals surface area contributed by atoms with E-state index >= 15 is 0 Å². The summed E-state index contributed by atoms with van der Waals surface area (Å²) in [5.41, 5.74) is 3.24. The van der Waals surface area contributed by atoms with Gasteiger partial charge in [0, 0.05) is 24.2 Å². The molecule has 1 aromatic heterocycles. The highest BCUT2D eigenvalue weighted by atomic mass is 16.2. The van der Waals surface area contributed by atoms with Gasteiger partial charge in [-0.25, -0.2) is 4.79 Å². The van der Waals surface area contributed by atoms with Gasteiger partial charge in [-0.1, -0.05) is 36.8 Å². The molecule has 0 aliphatic carbocycles. The van der Waals surface area contributed by atoms with Crippen LogP contribution in [0.25, 0.3) is 10.9 Å². The number of hydrogen-bond donors (Lipinski definition) is 1. The van der Waals surface area contributed by atoms with Gasteiger partial charge < -0.3 is 10.2 Å². The molecule has 1 fully saturated rings. The van der Waals surface area contributed by atoms with Crippen LogP contribution in [0.1, 0.15) is 30.9 Å². The van der Waals surface area contributed by atoms with Gasteiger partial charge in [0.25, 0.3) is 0 Å². The number of anilines is 2. The number of nitrogens with one attached hydrogen (secondary N) is 1. The molecule has 0 saturated carbocycles. The Morgan fingerprint density at radius 3 is 2.60 bits per heavy atom. The van der Waals surface area contributed by atoms with Crippen LogP contribution in [0.4, 0.5) is 11.5 Å². The predicted octanol–water partition coefficient (Wildman–Crippen LogP) is 3.89. The number of benzene rings is 2. The molecule has 0 spiro atoms. The summed E-state index contributed by atoms with van der Waals surface area (Å²) in [6, 6.07) is 13.6. The van der Waals surface area contributed by atoms with Gasteiger partial charge in [0.2, 0.25) is 5.91 Å². The number of aromatic nitrogens is 2. The van der Waals surface area contributed by atoms with Gasteiger partial charge in [-0.3, -0.25) is 9.36 Å². The van der Waals surface area contributed by atoms with Crippen LogP contribution in [0.3, 0.4) is 0 Å². The molecule has 156 valence electrons. The van der Waals surface area contributed by atoms with E-state index in [0.29, 0.717) is 5.92 Å². The first-order valence-corrected chi connectivity index (χ1v) is 10.5. The molecular weight excluding hydrogens is 376 g/mol. The Bertz CT molecular complexity index is 1140. The van der Waals surface area contributed by atoms with Crippen molar-refractivity contribution in [3.8, 4) is 0 Å².